The summed E-state index contributed by atoms with van der Waals surface area (Å²) in [6.45, 7) is 5.44. The topological polar surface area (TPSA) is 120 Å². The summed E-state index contributed by atoms with van der Waals surface area (Å²) in [7, 11) is -3.65. The Morgan fingerprint density at radius 3 is 2.80 bits per heavy atom. The van der Waals surface area contributed by atoms with Crippen molar-refractivity contribution < 1.29 is 13.2 Å². The summed E-state index contributed by atoms with van der Waals surface area (Å²) in [5.74, 6) is 0.516. The van der Waals surface area contributed by atoms with Gasteiger partial charge in [-0.2, -0.15) is 0 Å². The van der Waals surface area contributed by atoms with Gasteiger partial charge in [0.25, 0.3) is 0 Å². The van der Waals surface area contributed by atoms with Crippen molar-refractivity contribution in [1.82, 2.24) is 19.7 Å². The van der Waals surface area contributed by atoms with E-state index in [2.05, 4.69) is 19.7 Å². The van der Waals surface area contributed by atoms with Crippen LogP contribution in [0, 0.1) is 19.8 Å². The highest BCUT2D eigenvalue weighted by Gasteiger charge is 2.21. The molecule has 0 radical (unpaired) electrons. The van der Waals surface area contributed by atoms with E-state index in [4.69, 9.17) is 10.5 Å². The summed E-state index contributed by atoms with van der Waals surface area (Å²) < 4.78 is 33.6. The van der Waals surface area contributed by atoms with Gasteiger partial charge in [0.2, 0.25) is 10.0 Å². The summed E-state index contributed by atoms with van der Waals surface area (Å²) in [6, 6.07) is 5.01. The Morgan fingerprint density at radius 1 is 1.27 bits per heavy atom. The number of rotatable bonds is 6. The maximum atomic E-state index is 12.8. The van der Waals surface area contributed by atoms with Gasteiger partial charge < -0.3 is 10.5 Å². The minimum atomic E-state index is -3.65. The van der Waals surface area contributed by atoms with Crippen LogP contribution in [-0.4, -0.2) is 43.1 Å². The van der Waals surface area contributed by atoms with Gasteiger partial charge in [0.05, 0.1) is 33.3 Å². The Morgan fingerprint density at radius 2 is 2.10 bits per heavy atom. The molecule has 0 saturated carbocycles. The molecule has 1 aromatic carbocycles. The Labute approximate surface area is 179 Å². The van der Waals surface area contributed by atoms with E-state index in [1.165, 1.54) is 11.3 Å². The molecule has 0 amide bonds. The number of nitrogen functional groups attached to an aromatic ring is 1. The first kappa shape index (κ1) is 20.9. The van der Waals surface area contributed by atoms with E-state index in [-0.39, 0.29) is 10.8 Å². The maximum Gasteiger partial charge on any atom is 0.240 e. The first-order valence-electron chi connectivity index (χ1n) is 9.57. The third-order valence-corrected chi connectivity index (χ3v) is 7.38. The van der Waals surface area contributed by atoms with Gasteiger partial charge in [0.1, 0.15) is 5.69 Å². The lowest BCUT2D eigenvalue weighted by Crippen LogP contribution is -2.29. The van der Waals surface area contributed by atoms with E-state index in [0.29, 0.717) is 42.5 Å². The third kappa shape index (κ3) is 4.36. The Balaban J connectivity index is 1.66. The number of benzene rings is 1. The van der Waals surface area contributed by atoms with Crippen molar-refractivity contribution >= 4 is 27.2 Å². The van der Waals surface area contributed by atoms with Gasteiger partial charge in [-0.05, 0) is 43.9 Å². The maximum absolute atomic E-state index is 12.8. The number of sulfonamides is 1. The minimum absolute atomic E-state index is 0.191. The molecule has 10 heteroatoms. The number of nitrogens with zero attached hydrogens (tertiary/aromatic N) is 3. The zero-order valence-corrected chi connectivity index (χ0v) is 18.4. The molecule has 0 bridgehead atoms. The van der Waals surface area contributed by atoms with Crippen LogP contribution in [0.25, 0.3) is 21.8 Å². The first-order valence-corrected chi connectivity index (χ1v) is 11.9. The van der Waals surface area contributed by atoms with Crippen LogP contribution in [0.5, 0.6) is 0 Å². The van der Waals surface area contributed by atoms with Crippen molar-refractivity contribution in [1.29, 1.82) is 0 Å². The summed E-state index contributed by atoms with van der Waals surface area (Å²) in [6.07, 6.45) is 4.14. The predicted molar refractivity (Wildman–Crippen MR) is 117 cm³/mol. The smallest absolute Gasteiger partial charge is 0.240 e. The number of ether oxygens (including phenoxy) is 1. The van der Waals surface area contributed by atoms with Crippen LogP contribution in [0.1, 0.15) is 17.0 Å². The summed E-state index contributed by atoms with van der Waals surface area (Å²) in [5, 5.41) is 0.902. The van der Waals surface area contributed by atoms with E-state index in [9.17, 15) is 8.42 Å². The molecule has 3 aromatic rings. The number of nitrogens with one attached hydrogen (secondary N) is 1. The van der Waals surface area contributed by atoms with Crippen molar-refractivity contribution in [2.45, 2.75) is 25.2 Å². The zero-order valence-electron chi connectivity index (χ0n) is 16.8. The lowest BCUT2D eigenvalue weighted by molar-refractivity contribution is 0.186. The average molecular weight is 446 g/mol. The van der Waals surface area contributed by atoms with Crippen molar-refractivity contribution in [3.8, 4) is 21.8 Å². The lowest BCUT2D eigenvalue weighted by atomic mass is 10.1. The minimum Gasteiger partial charge on any atom is -0.382 e. The standard InChI is InChI=1S/C20H23N5O3S2/c1-12-3-4-15(30(26,27)24-8-14-5-6-28-11-14)7-16(12)17-9-23-20(21)19(25-17)18-10-22-13(2)29-18/h3-4,7,9-10,14,24H,5-6,8,11H2,1-2H3,(H2,21,23). The van der Waals surface area contributed by atoms with E-state index in [1.54, 1.807) is 30.6 Å². The van der Waals surface area contributed by atoms with Crippen LogP contribution < -0.4 is 10.5 Å². The Bertz CT molecular complexity index is 1170. The van der Waals surface area contributed by atoms with Gasteiger partial charge in [-0.15, -0.1) is 11.3 Å². The largest absolute Gasteiger partial charge is 0.382 e. The third-order valence-electron chi connectivity index (χ3n) is 5.04. The Kier molecular flexibility index (Phi) is 5.83. The average Bonchev–Trinajstić information content (AvgIpc) is 3.39. The Hall–Kier alpha value is -2.40. The van der Waals surface area contributed by atoms with Crippen molar-refractivity contribution in [2.75, 3.05) is 25.5 Å². The molecule has 30 heavy (non-hydrogen) atoms. The van der Waals surface area contributed by atoms with Crippen LogP contribution in [-0.2, 0) is 14.8 Å². The monoisotopic (exact) mass is 445 g/mol. The molecule has 1 unspecified atom stereocenters. The second-order valence-electron chi connectivity index (χ2n) is 7.29. The molecule has 1 aliphatic heterocycles. The molecule has 158 valence electrons. The molecule has 0 aliphatic carbocycles. The normalized spacial score (nSPS) is 16.8. The number of hydrogen-bond acceptors (Lipinski definition) is 8. The lowest BCUT2D eigenvalue weighted by Gasteiger charge is -2.13. The van der Waals surface area contributed by atoms with Crippen LogP contribution in [0.2, 0.25) is 0 Å². The van der Waals surface area contributed by atoms with Gasteiger partial charge in [0.15, 0.2) is 5.82 Å². The van der Waals surface area contributed by atoms with E-state index < -0.39 is 10.0 Å². The van der Waals surface area contributed by atoms with Gasteiger partial charge >= 0.3 is 0 Å². The highest BCUT2D eigenvalue weighted by molar-refractivity contribution is 7.89. The van der Waals surface area contributed by atoms with Gasteiger partial charge in [0, 0.05) is 24.9 Å². The highest BCUT2D eigenvalue weighted by Crippen LogP contribution is 2.31. The van der Waals surface area contributed by atoms with E-state index >= 15 is 0 Å². The van der Waals surface area contributed by atoms with Crippen molar-refractivity contribution in [3.05, 3.63) is 41.2 Å². The van der Waals surface area contributed by atoms with Crippen LogP contribution in [0.4, 0.5) is 5.82 Å². The van der Waals surface area contributed by atoms with Crippen molar-refractivity contribution in [2.24, 2.45) is 5.92 Å². The molecular weight excluding hydrogens is 422 g/mol. The van der Waals surface area contributed by atoms with Crippen LogP contribution >= 0.6 is 11.3 Å². The first-order chi connectivity index (χ1) is 14.3. The fourth-order valence-corrected chi connectivity index (χ4v) is 5.20. The molecule has 1 atom stereocenters. The molecule has 1 aliphatic rings. The second-order valence-corrected chi connectivity index (χ2v) is 10.3. The summed E-state index contributed by atoms with van der Waals surface area (Å²) in [4.78, 5) is 14.2. The summed E-state index contributed by atoms with van der Waals surface area (Å²) >= 11 is 1.48. The SMILES string of the molecule is Cc1ncc(-c2nc(-c3cc(S(=O)(=O)NCC4CCOC4)ccc3C)cnc2N)s1. The fourth-order valence-electron chi connectivity index (χ4n) is 3.28. The molecule has 2 aromatic heterocycles. The van der Waals surface area contributed by atoms with Gasteiger partial charge in [-0.1, -0.05) is 6.07 Å². The van der Waals surface area contributed by atoms with Gasteiger partial charge in [-0.3, -0.25) is 0 Å². The highest BCUT2D eigenvalue weighted by atomic mass is 32.2. The molecule has 1 saturated heterocycles. The molecular formula is C20H23N5O3S2. The van der Waals surface area contributed by atoms with E-state index in [0.717, 1.165) is 21.9 Å². The van der Waals surface area contributed by atoms with Gasteiger partial charge in [-0.25, -0.2) is 28.1 Å². The number of hydrogen-bond donors (Lipinski definition) is 2. The summed E-state index contributed by atoms with van der Waals surface area (Å²) in [5.41, 5.74) is 8.72. The van der Waals surface area contributed by atoms with E-state index in [1.807, 2.05) is 13.8 Å². The molecule has 3 heterocycles. The molecule has 3 N–H and O–H groups in total. The number of anilines is 1. The predicted octanol–water partition coefficient (Wildman–Crippen LogP) is 2.78. The zero-order chi connectivity index (χ0) is 21.3. The fraction of sp³-hybridized carbons (Fsp3) is 0.350. The van der Waals surface area contributed by atoms with Crippen LogP contribution in [0.3, 0.4) is 0 Å². The second kappa shape index (κ2) is 8.38. The number of aryl methyl sites for hydroxylation is 2. The molecule has 0 spiro atoms. The molecule has 4 rings (SSSR count). The number of thiazole rings is 1. The number of nitrogens with two attached hydrogens (primary N) is 1. The van der Waals surface area contributed by atoms with Crippen molar-refractivity contribution in [3.63, 3.8) is 0 Å². The quantitative estimate of drug-likeness (QED) is 0.598. The number of aromatic nitrogens is 3. The molecule has 8 nitrogen and oxygen atoms in total. The van der Waals surface area contributed by atoms with Crippen LogP contribution in [0.15, 0.2) is 35.5 Å². The molecule has 1 fully saturated rings.